The van der Waals surface area contributed by atoms with Gasteiger partial charge in [-0.15, -0.1) is 0 Å². The molecule has 1 aromatic rings. The molecule has 0 saturated carbocycles. The molecule has 1 unspecified atom stereocenters. The fraction of sp³-hybridized carbons (Fsp3) is 0.357. The SMILES string of the molecule is Nc1ccccc1C1(N)C=NC(NC2COC2)=CC1. The summed E-state index contributed by atoms with van der Waals surface area (Å²) in [6.07, 6.45) is 4.48. The van der Waals surface area contributed by atoms with Crippen LogP contribution in [0.1, 0.15) is 12.0 Å². The van der Waals surface area contributed by atoms with Crippen molar-refractivity contribution < 1.29 is 4.74 Å². The molecule has 2 aliphatic heterocycles. The second-order valence-electron chi connectivity index (χ2n) is 5.06. The third kappa shape index (κ3) is 2.34. The van der Waals surface area contributed by atoms with Gasteiger partial charge in [0, 0.05) is 17.5 Å². The number of anilines is 1. The number of benzene rings is 1. The molecule has 19 heavy (non-hydrogen) atoms. The Kier molecular flexibility index (Phi) is 3.00. The predicted molar refractivity (Wildman–Crippen MR) is 75.7 cm³/mol. The minimum atomic E-state index is -0.618. The number of nitrogen functional groups attached to an aromatic ring is 1. The average Bonchev–Trinajstić information content (AvgIpc) is 2.36. The molecule has 0 spiro atoms. The van der Waals surface area contributed by atoms with E-state index in [1.807, 2.05) is 30.3 Å². The van der Waals surface area contributed by atoms with Crippen LogP contribution in [0, 0.1) is 0 Å². The lowest BCUT2D eigenvalue weighted by molar-refractivity contribution is -0.000963. The molecule has 1 aromatic carbocycles. The lowest BCUT2D eigenvalue weighted by Crippen LogP contribution is -2.46. The summed E-state index contributed by atoms with van der Waals surface area (Å²) in [4.78, 5) is 4.41. The molecule has 2 heterocycles. The maximum atomic E-state index is 6.39. The van der Waals surface area contributed by atoms with Gasteiger partial charge < -0.3 is 21.5 Å². The van der Waals surface area contributed by atoms with Gasteiger partial charge in [-0.25, -0.2) is 4.99 Å². The van der Waals surface area contributed by atoms with Gasteiger partial charge >= 0.3 is 0 Å². The highest BCUT2D eigenvalue weighted by atomic mass is 16.5. The Labute approximate surface area is 112 Å². The topological polar surface area (TPSA) is 85.7 Å². The standard InChI is InChI=1S/C14H18N4O/c15-12-4-2-1-3-11(12)14(16)6-5-13(17-9-14)18-10-7-19-8-10/h1-5,9-10,18H,6-8,15-16H2. The van der Waals surface area contributed by atoms with Crippen LogP contribution in [0.4, 0.5) is 5.69 Å². The van der Waals surface area contributed by atoms with E-state index < -0.39 is 5.54 Å². The van der Waals surface area contributed by atoms with Gasteiger partial charge in [-0.1, -0.05) is 18.2 Å². The first kappa shape index (κ1) is 12.2. The van der Waals surface area contributed by atoms with Crippen molar-refractivity contribution in [2.75, 3.05) is 18.9 Å². The monoisotopic (exact) mass is 258 g/mol. The van der Waals surface area contributed by atoms with Crippen molar-refractivity contribution in [1.82, 2.24) is 5.32 Å². The number of aliphatic imine (C=N–C) groups is 1. The first-order valence-electron chi connectivity index (χ1n) is 6.41. The average molecular weight is 258 g/mol. The van der Waals surface area contributed by atoms with Crippen LogP contribution in [0.3, 0.4) is 0 Å². The Balaban J connectivity index is 1.75. The summed E-state index contributed by atoms with van der Waals surface area (Å²) >= 11 is 0. The first-order chi connectivity index (χ1) is 9.17. The normalized spacial score (nSPS) is 26.7. The number of rotatable bonds is 3. The third-order valence-corrected chi connectivity index (χ3v) is 3.52. The Morgan fingerprint density at radius 2 is 2.11 bits per heavy atom. The van der Waals surface area contributed by atoms with Gasteiger partial charge in [0.25, 0.3) is 0 Å². The maximum Gasteiger partial charge on any atom is 0.122 e. The molecule has 1 saturated heterocycles. The number of para-hydroxylation sites is 1. The van der Waals surface area contributed by atoms with E-state index in [4.69, 9.17) is 16.2 Å². The molecule has 5 heteroatoms. The van der Waals surface area contributed by atoms with Gasteiger partial charge in [0.05, 0.1) is 24.8 Å². The van der Waals surface area contributed by atoms with Gasteiger partial charge in [-0.3, -0.25) is 0 Å². The van der Waals surface area contributed by atoms with Crippen LogP contribution in [-0.4, -0.2) is 25.5 Å². The highest BCUT2D eigenvalue weighted by Crippen LogP contribution is 2.29. The minimum Gasteiger partial charge on any atom is -0.398 e. The second-order valence-corrected chi connectivity index (χ2v) is 5.06. The van der Waals surface area contributed by atoms with Gasteiger partial charge in [0.15, 0.2) is 0 Å². The van der Waals surface area contributed by atoms with Gasteiger partial charge in [-0.05, 0) is 18.6 Å². The van der Waals surface area contributed by atoms with E-state index in [-0.39, 0.29) is 0 Å². The van der Waals surface area contributed by atoms with Crippen LogP contribution in [0.15, 0.2) is 41.2 Å². The van der Waals surface area contributed by atoms with Crippen molar-refractivity contribution in [3.05, 3.63) is 41.7 Å². The smallest absolute Gasteiger partial charge is 0.122 e. The first-order valence-corrected chi connectivity index (χ1v) is 6.41. The van der Waals surface area contributed by atoms with Crippen molar-refractivity contribution in [2.24, 2.45) is 10.7 Å². The van der Waals surface area contributed by atoms with Crippen LogP contribution >= 0.6 is 0 Å². The van der Waals surface area contributed by atoms with E-state index in [1.54, 1.807) is 6.21 Å². The summed E-state index contributed by atoms with van der Waals surface area (Å²) in [7, 11) is 0. The predicted octanol–water partition coefficient (Wildman–Crippen LogP) is 0.727. The Hall–Kier alpha value is -1.85. The lowest BCUT2D eigenvalue weighted by Gasteiger charge is -2.32. The van der Waals surface area contributed by atoms with E-state index in [0.717, 1.165) is 24.6 Å². The quantitative estimate of drug-likeness (QED) is 0.698. The molecule has 0 radical (unpaired) electrons. The number of nitrogens with zero attached hydrogens (tertiary/aromatic N) is 1. The zero-order valence-electron chi connectivity index (χ0n) is 10.7. The molecular formula is C14H18N4O. The molecule has 0 aliphatic carbocycles. The van der Waals surface area contributed by atoms with E-state index in [9.17, 15) is 0 Å². The summed E-state index contributed by atoms with van der Waals surface area (Å²) in [6.45, 7) is 1.48. The number of ether oxygens (including phenoxy) is 1. The van der Waals surface area contributed by atoms with Gasteiger partial charge in [0.1, 0.15) is 5.82 Å². The van der Waals surface area contributed by atoms with Crippen molar-refractivity contribution in [3.8, 4) is 0 Å². The molecule has 1 atom stereocenters. The van der Waals surface area contributed by atoms with Gasteiger partial charge in [-0.2, -0.15) is 0 Å². The largest absolute Gasteiger partial charge is 0.398 e. The molecule has 3 rings (SSSR count). The highest BCUT2D eigenvalue weighted by Gasteiger charge is 2.29. The van der Waals surface area contributed by atoms with Gasteiger partial charge in [0.2, 0.25) is 0 Å². The van der Waals surface area contributed by atoms with E-state index in [1.165, 1.54) is 0 Å². The summed E-state index contributed by atoms with van der Waals surface area (Å²) in [6, 6.07) is 8.03. The molecular weight excluding hydrogens is 240 g/mol. The Morgan fingerprint density at radius 1 is 1.32 bits per heavy atom. The molecule has 5 nitrogen and oxygen atoms in total. The lowest BCUT2D eigenvalue weighted by atomic mass is 9.86. The summed E-state index contributed by atoms with van der Waals surface area (Å²) < 4.78 is 5.12. The summed E-state index contributed by atoms with van der Waals surface area (Å²) in [5.41, 5.74) is 13.4. The molecule has 0 amide bonds. The van der Waals surface area contributed by atoms with E-state index >= 15 is 0 Å². The number of hydrogen-bond donors (Lipinski definition) is 3. The number of nitrogens with two attached hydrogens (primary N) is 2. The van der Waals surface area contributed by atoms with Crippen LogP contribution in [0.25, 0.3) is 0 Å². The van der Waals surface area contributed by atoms with Crippen LogP contribution in [0.2, 0.25) is 0 Å². The van der Waals surface area contributed by atoms with E-state index in [0.29, 0.717) is 18.2 Å². The van der Waals surface area contributed by atoms with Crippen molar-refractivity contribution in [3.63, 3.8) is 0 Å². The van der Waals surface area contributed by atoms with Crippen LogP contribution in [0.5, 0.6) is 0 Å². The van der Waals surface area contributed by atoms with Crippen molar-refractivity contribution >= 4 is 11.9 Å². The number of hydrogen-bond acceptors (Lipinski definition) is 5. The summed E-state index contributed by atoms with van der Waals surface area (Å²) in [5, 5.41) is 3.31. The molecule has 0 bridgehead atoms. The second kappa shape index (κ2) is 4.68. The molecule has 5 N–H and O–H groups in total. The zero-order chi connectivity index (χ0) is 13.3. The molecule has 2 aliphatic rings. The molecule has 1 fully saturated rings. The zero-order valence-corrected chi connectivity index (χ0v) is 10.7. The van der Waals surface area contributed by atoms with Crippen LogP contribution < -0.4 is 16.8 Å². The molecule has 100 valence electrons. The molecule has 0 aromatic heterocycles. The third-order valence-electron chi connectivity index (χ3n) is 3.52. The van der Waals surface area contributed by atoms with Crippen LogP contribution in [-0.2, 0) is 10.3 Å². The van der Waals surface area contributed by atoms with Crippen molar-refractivity contribution in [2.45, 2.75) is 18.0 Å². The minimum absolute atomic E-state index is 0.371. The summed E-state index contributed by atoms with van der Waals surface area (Å²) in [5.74, 6) is 0.865. The highest BCUT2D eigenvalue weighted by molar-refractivity contribution is 5.78. The Bertz CT molecular complexity index is 536. The maximum absolute atomic E-state index is 6.39. The fourth-order valence-corrected chi connectivity index (χ4v) is 2.28. The Morgan fingerprint density at radius 3 is 2.68 bits per heavy atom. The fourth-order valence-electron chi connectivity index (χ4n) is 2.28. The van der Waals surface area contributed by atoms with E-state index in [2.05, 4.69) is 10.3 Å². The van der Waals surface area contributed by atoms with Crippen molar-refractivity contribution in [1.29, 1.82) is 0 Å². The number of nitrogens with one attached hydrogen (secondary N) is 1.